The van der Waals surface area contributed by atoms with Crippen LogP contribution < -0.4 is 0 Å². The lowest BCUT2D eigenvalue weighted by molar-refractivity contribution is -0.297. The van der Waals surface area contributed by atoms with E-state index in [-0.39, 0.29) is 16.3 Å². The largest absolute Gasteiger partial charge is 0.438 e. The van der Waals surface area contributed by atoms with Crippen molar-refractivity contribution in [2.45, 2.75) is 25.2 Å². The molecule has 0 fully saturated rings. The number of rotatable bonds is 2. The van der Waals surface area contributed by atoms with Crippen LogP contribution in [0.5, 0.6) is 0 Å². The molecule has 0 radical (unpaired) electrons. The third-order valence-corrected chi connectivity index (χ3v) is 4.11. The summed E-state index contributed by atoms with van der Waals surface area (Å²) in [5.74, 6) is -1.81. The Balaban J connectivity index is 2.03. The van der Waals surface area contributed by atoms with Gasteiger partial charge in [0.15, 0.2) is 0 Å². The molecule has 0 bridgehead atoms. The lowest BCUT2D eigenvalue weighted by Crippen LogP contribution is -2.56. The zero-order chi connectivity index (χ0) is 19.1. The number of benzene rings is 2. The fraction of sp³-hybridized carbons (Fsp3) is 0.222. The average molecular weight is 366 g/mol. The molecule has 1 amide bonds. The molecule has 26 heavy (non-hydrogen) atoms. The number of hydrogen-bond donors (Lipinski definition) is 1. The van der Waals surface area contributed by atoms with Crippen LogP contribution in [0.1, 0.15) is 27.9 Å². The highest BCUT2D eigenvalue weighted by atomic mass is 19.4. The standard InChI is InChI=1S/C18H14F4N2O2/c1-11-2-4-12(5-3-11)15-10-17(26,18(20,21)22)24(23-15)16(25)13-6-8-14(19)9-7-13/h2-9,26H,10H2,1H3/t17-/m0/s1. The maximum atomic E-state index is 13.5. The number of carbonyl (C=O) groups excluding carboxylic acids is 1. The molecule has 1 heterocycles. The SMILES string of the molecule is Cc1ccc(C2=NN(C(=O)c3ccc(F)cc3)[C@@](O)(C(F)(F)F)C2)cc1. The molecule has 2 aromatic carbocycles. The Morgan fingerprint density at radius 2 is 1.69 bits per heavy atom. The molecule has 1 atom stereocenters. The fourth-order valence-electron chi connectivity index (χ4n) is 2.60. The molecule has 0 aliphatic carbocycles. The third kappa shape index (κ3) is 3.08. The van der Waals surface area contributed by atoms with Crippen LogP contribution in [0.3, 0.4) is 0 Å². The number of aryl methyl sites for hydroxylation is 1. The van der Waals surface area contributed by atoms with Crippen LogP contribution in [-0.2, 0) is 0 Å². The summed E-state index contributed by atoms with van der Waals surface area (Å²) < 4.78 is 53.5. The zero-order valence-corrected chi connectivity index (χ0v) is 13.6. The predicted molar refractivity (Wildman–Crippen MR) is 85.9 cm³/mol. The van der Waals surface area contributed by atoms with E-state index in [4.69, 9.17) is 0 Å². The van der Waals surface area contributed by atoms with Crippen LogP contribution in [0, 0.1) is 12.7 Å². The quantitative estimate of drug-likeness (QED) is 0.825. The summed E-state index contributed by atoms with van der Waals surface area (Å²) in [5, 5.41) is 14.0. The summed E-state index contributed by atoms with van der Waals surface area (Å²) in [6.45, 7) is 1.82. The van der Waals surface area contributed by atoms with Gasteiger partial charge in [-0.25, -0.2) is 4.39 Å². The number of halogens is 4. The lowest BCUT2D eigenvalue weighted by Gasteiger charge is -2.32. The molecule has 0 aromatic heterocycles. The number of amides is 1. The molecule has 0 unspecified atom stereocenters. The van der Waals surface area contributed by atoms with Gasteiger partial charge in [-0.05, 0) is 36.8 Å². The first kappa shape index (κ1) is 18.1. The van der Waals surface area contributed by atoms with Crippen molar-refractivity contribution >= 4 is 11.6 Å². The summed E-state index contributed by atoms with van der Waals surface area (Å²) in [6, 6.07) is 10.5. The van der Waals surface area contributed by atoms with Gasteiger partial charge < -0.3 is 5.11 Å². The third-order valence-electron chi connectivity index (χ3n) is 4.11. The fourth-order valence-corrected chi connectivity index (χ4v) is 2.60. The van der Waals surface area contributed by atoms with Gasteiger partial charge in [0.25, 0.3) is 11.6 Å². The van der Waals surface area contributed by atoms with E-state index in [9.17, 15) is 27.5 Å². The Morgan fingerprint density at radius 1 is 1.12 bits per heavy atom. The molecule has 0 spiro atoms. The highest BCUT2D eigenvalue weighted by Gasteiger charge is 2.63. The van der Waals surface area contributed by atoms with Crippen LogP contribution in [0.25, 0.3) is 0 Å². The van der Waals surface area contributed by atoms with Gasteiger partial charge in [0, 0.05) is 5.56 Å². The van der Waals surface area contributed by atoms with E-state index in [0.717, 1.165) is 29.8 Å². The molecule has 1 N–H and O–H groups in total. The van der Waals surface area contributed by atoms with E-state index in [2.05, 4.69) is 5.10 Å². The van der Waals surface area contributed by atoms with Gasteiger partial charge in [-0.15, -0.1) is 0 Å². The molecule has 136 valence electrons. The Morgan fingerprint density at radius 3 is 2.23 bits per heavy atom. The van der Waals surface area contributed by atoms with Gasteiger partial charge in [-0.3, -0.25) is 4.79 Å². The maximum Gasteiger partial charge on any atom is 0.438 e. The minimum atomic E-state index is -5.13. The van der Waals surface area contributed by atoms with E-state index >= 15 is 0 Å². The second-order valence-electron chi connectivity index (χ2n) is 6.03. The van der Waals surface area contributed by atoms with E-state index in [1.807, 2.05) is 6.92 Å². The van der Waals surface area contributed by atoms with Crippen molar-refractivity contribution in [1.29, 1.82) is 0 Å². The number of nitrogens with zero attached hydrogens (tertiary/aromatic N) is 2. The first-order chi connectivity index (χ1) is 12.1. The predicted octanol–water partition coefficient (Wildman–Crippen LogP) is 3.64. The molecule has 3 rings (SSSR count). The molecule has 8 heteroatoms. The van der Waals surface area contributed by atoms with Gasteiger partial charge in [-0.1, -0.05) is 29.8 Å². The summed E-state index contributed by atoms with van der Waals surface area (Å²) >= 11 is 0. The van der Waals surface area contributed by atoms with E-state index in [1.165, 1.54) is 0 Å². The monoisotopic (exact) mass is 366 g/mol. The van der Waals surface area contributed by atoms with E-state index in [1.54, 1.807) is 24.3 Å². The Kier molecular flexibility index (Phi) is 4.31. The first-order valence-corrected chi connectivity index (χ1v) is 7.65. The van der Waals surface area contributed by atoms with Crippen LogP contribution in [0.4, 0.5) is 17.6 Å². The Bertz CT molecular complexity index is 860. The molecular formula is C18H14F4N2O2. The van der Waals surface area contributed by atoms with Crippen LogP contribution in [0.15, 0.2) is 53.6 Å². The molecule has 1 aliphatic heterocycles. The van der Waals surface area contributed by atoms with Gasteiger partial charge in [0.2, 0.25) is 0 Å². The van der Waals surface area contributed by atoms with E-state index < -0.39 is 30.0 Å². The number of aliphatic hydroxyl groups is 1. The van der Waals surface area contributed by atoms with Crippen LogP contribution in [-0.4, -0.2) is 33.6 Å². The Hall–Kier alpha value is -2.74. The van der Waals surface area contributed by atoms with Gasteiger partial charge in [0.05, 0.1) is 12.1 Å². The minimum absolute atomic E-state index is 0.0232. The van der Waals surface area contributed by atoms with Crippen molar-refractivity contribution in [3.8, 4) is 0 Å². The number of hydrogen-bond acceptors (Lipinski definition) is 3. The van der Waals surface area contributed by atoms with Crippen LogP contribution >= 0.6 is 0 Å². The van der Waals surface area contributed by atoms with Gasteiger partial charge in [0.1, 0.15) is 5.82 Å². The summed E-state index contributed by atoms with van der Waals surface area (Å²) in [7, 11) is 0. The Labute approximate surface area is 146 Å². The zero-order valence-electron chi connectivity index (χ0n) is 13.6. The maximum absolute atomic E-state index is 13.5. The number of hydrazone groups is 1. The van der Waals surface area contributed by atoms with Crippen molar-refractivity contribution in [3.63, 3.8) is 0 Å². The molecule has 0 saturated heterocycles. The topological polar surface area (TPSA) is 52.9 Å². The van der Waals surface area contributed by atoms with Crippen molar-refractivity contribution in [3.05, 3.63) is 71.0 Å². The van der Waals surface area contributed by atoms with Crippen molar-refractivity contribution in [1.82, 2.24) is 5.01 Å². The molecular weight excluding hydrogens is 352 g/mol. The molecule has 2 aromatic rings. The summed E-state index contributed by atoms with van der Waals surface area (Å²) in [4.78, 5) is 12.5. The molecule has 1 aliphatic rings. The molecule has 4 nitrogen and oxygen atoms in total. The summed E-state index contributed by atoms with van der Waals surface area (Å²) in [5.41, 5.74) is -2.49. The summed E-state index contributed by atoms with van der Waals surface area (Å²) in [6.07, 6.45) is -6.02. The normalized spacial score (nSPS) is 20.2. The van der Waals surface area contributed by atoms with Crippen LogP contribution in [0.2, 0.25) is 0 Å². The number of alkyl halides is 3. The average Bonchev–Trinajstić information content (AvgIpc) is 2.94. The van der Waals surface area contributed by atoms with Crippen molar-refractivity contribution < 1.29 is 27.5 Å². The lowest BCUT2D eigenvalue weighted by atomic mass is 10.00. The highest BCUT2D eigenvalue weighted by Crippen LogP contribution is 2.42. The van der Waals surface area contributed by atoms with Crippen molar-refractivity contribution in [2.75, 3.05) is 0 Å². The smallest absolute Gasteiger partial charge is 0.362 e. The molecule has 0 saturated carbocycles. The van der Waals surface area contributed by atoms with Crippen molar-refractivity contribution in [2.24, 2.45) is 5.10 Å². The highest BCUT2D eigenvalue weighted by molar-refractivity contribution is 6.05. The second kappa shape index (κ2) is 6.21. The number of carbonyl (C=O) groups is 1. The second-order valence-corrected chi connectivity index (χ2v) is 6.03. The van der Waals surface area contributed by atoms with Gasteiger partial charge in [-0.2, -0.15) is 23.3 Å². The van der Waals surface area contributed by atoms with Gasteiger partial charge >= 0.3 is 6.18 Å². The first-order valence-electron chi connectivity index (χ1n) is 7.65. The minimum Gasteiger partial charge on any atom is -0.362 e. The van der Waals surface area contributed by atoms with E-state index in [0.29, 0.717) is 5.56 Å².